The highest BCUT2D eigenvalue weighted by molar-refractivity contribution is 5.77. The molecule has 7 nitrogen and oxygen atoms in total. The van der Waals surface area contributed by atoms with Crippen molar-refractivity contribution in [3.63, 3.8) is 0 Å². The van der Waals surface area contributed by atoms with E-state index in [1.54, 1.807) is 6.07 Å². The molecule has 1 aromatic heterocycles. The van der Waals surface area contributed by atoms with E-state index in [1.165, 1.54) is 6.07 Å². The SMILES string of the molecule is O=COCc1ccc(CC(CC(=O)O)C(=O)O)o1. The van der Waals surface area contributed by atoms with E-state index in [2.05, 4.69) is 4.74 Å². The second-order valence-corrected chi connectivity index (χ2v) is 3.61. The monoisotopic (exact) mass is 256 g/mol. The van der Waals surface area contributed by atoms with Crippen molar-refractivity contribution in [2.24, 2.45) is 5.92 Å². The van der Waals surface area contributed by atoms with Crippen molar-refractivity contribution in [2.45, 2.75) is 19.4 Å². The molecule has 0 aromatic carbocycles. The quantitative estimate of drug-likeness (QED) is 0.657. The Morgan fingerprint density at radius 1 is 1.33 bits per heavy atom. The lowest BCUT2D eigenvalue weighted by Gasteiger charge is -2.07. The lowest BCUT2D eigenvalue weighted by atomic mass is 10.0. The van der Waals surface area contributed by atoms with Gasteiger partial charge in [0.15, 0.2) is 0 Å². The summed E-state index contributed by atoms with van der Waals surface area (Å²) in [5.74, 6) is -2.71. The zero-order valence-corrected chi connectivity index (χ0v) is 9.37. The van der Waals surface area contributed by atoms with Gasteiger partial charge in [0.05, 0.1) is 12.3 Å². The molecular weight excluding hydrogens is 244 g/mol. The van der Waals surface area contributed by atoms with Gasteiger partial charge in [-0.25, -0.2) is 0 Å². The fourth-order valence-electron chi connectivity index (χ4n) is 1.43. The van der Waals surface area contributed by atoms with Crippen LogP contribution in [-0.4, -0.2) is 28.6 Å². The van der Waals surface area contributed by atoms with Crippen LogP contribution >= 0.6 is 0 Å². The zero-order valence-electron chi connectivity index (χ0n) is 9.37. The van der Waals surface area contributed by atoms with Crippen LogP contribution in [0.1, 0.15) is 17.9 Å². The standard InChI is InChI=1S/C11H12O7/c12-6-17-5-9-2-1-8(18-9)3-7(11(15)16)4-10(13)14/h1-2,6-7H,3-5H2,(H,13,14)(H,15,16). The number of ether oxygens (including phenoxy) is 1. The number of carbonyl (C=O) groups is 3. The molecular formula is C11H12O7. The molecule has 2 N–H and O–H groups in total. The zero-order chi connectivity index (χ0) is 13.5. The third-order valence-electron chi connectivity index (χ3n) is 2.23. The number of carbonyl (C=O) groups excluding carboxylic acids is 1. The van der Waals surface area contributed by atoms with Gasteiger partial charge in [0.2, 0.25) is 0 Å². The van der Waals surface area contributed by atoms with Crippen molar-refractivity contribution in [2.75, 3.05) is 0 Å². The molecule has 1 heterocycles. The molecule has 7 heteroatoms. The first kappa shape index (κ1) is 13.8. The maximum absolute atomic E-state index is 10.8. The number of hydrogen-bond donors (Lipinski definition) is 2. The van der Waals surface area contributed by atoms with Gasteiger partial charge in [-0.15, -0.1) is 0 Å². The lowest BCUT2D eigenvalue weighted by molar-refractivity contribution is -0.148. The van der Waals surface area contributed by atoms with Crippen LogP contribution in [0.3, 0.4) is 0 Å². The van der Waals surface area contributed by atoms with E-state index in [0.29, 0.717) is 11.5 Å². The normalized spacial score (nSPS) is 11.8. The summed E-state index contributed by atoms with van der Waals surface area (Å²) < 4.78 is 9.67. The number of furan rings is 1. The second-order valence-electron chi connectivity index (χ2n) is 3.61. The van der Waals surface area contributed by atoms with Crippen LogP contribution in [0, 0.1) is 5.92 Å². The van der Waals surface area contributed by atoms with E-state index in [1.807, 2.05) is 0 Å². The van der Waals surface area contributed by atoms with Gasteiger partial charge in [-0.2, -0.15) is 0 Å². The molecule has 0 spiro atoms. The Labute approximate surface area is 102 Å². The first-order valence-corrected chi connectivity index (χ1v) is 5.10. The Kier molecular flexibility index (Phi) is 4.91. The highest BCUT2D eigenvalue weighted by Crippen LogP contribution is 2.16. The molecule has 0 radical (unpaired) electrons. The summed E-state index contributed by atoms with van der Waals surface area (Å²) in [4.78, 5) is 31.3. The summed E-state index contributed by atoms with van der Waals surface area (Å²) in [7, 11) is 0. The molecule has 0 bridgehead atoms. The third-order valence-corrected chi connectivity index (χ3v) is 2.23. The molecule has 0 amide bonds. The number of aliphatic carboxylic acids is 2. The highest BCUT2D eigenvalue weighted by atomic mass is 16.5. The Morgan fingerprint density at radius 2 is 2.00 bits per heavy atom. The van der Waals surface area contributed by atoms with Crippen LogP contribution in [0.15, 0.2) is 16.5 Å². The molecule has 18 heavy (non-hydrogen) atoms. The van der Waals surface area contributed by atoms with Gasteiger partial charge in [0.1, 0.15) is 18.1 Å². The Hall–Kier alpha value is -2.31. The molecule has 0 aliphatic carbocycles. The van der Waals surface area contributed by atoms with Crippen molar-refractivity contribution in [1.29, 1.82) is 0 Å². The lowest BCUT2D eigenvalue weighted by Crippen LogP contribution is -2.19. The van der Waals surface area contributed by atoms with Gasteiger partial charge < -0.3 is 19.4 Å². The fraction of sp³-hybridized carbons (Fsp3) is 0.364. The summed E-state index contributed by atoms with van der Waals surface area (Å²) in [5.41, 5.74) is 0. The Balaban J connectivity index is 2.63. The Bertz CT molecular complexity index is 434. The third kappa shape index (κ3) is 4.28. The van der Waals surface area contributed by atoms with Crippen LogP contribution in [0.25, 0.3) is 0 Å². The average Bonchev–Trinajstić information content (AvgIpc) is 2.72. The van der Waals surface area contributed by atoms with Gasteiger partial charge in [0, 0.05) is 6.42 Å². The van der Waals surface area contributed by atoms with E-state index in [-0.39, 0.29) is 19.5 Å². The number of rotatable bonds is 8. The van der Waals surface area contributed by atoms with Crippen LogP contribution in [0.4, 0.5) is 0 Å². The largest absolute Gasteiger partial charge is 0.481 e. The van der Waals surface area contributed by atoms with Gasteiger partial charge in [-0.1, -0.05) is 0 Å². The van der Waals surface area contributed by atoms with E-state index in [4.69, 9.17) is 14.6 Å². The summed E-state index contributed by atoms with van der Waals surface area (Å²) in [6.07, 6.45) is -0.501. The van der Waals surface area contributed by atoms with Crippen LogP contribution < -0.4 is 0 Å². The minimum absolute atomic E-state index is 0.0251. The minimum Gasteiger partial charge on any atom is -0.481 e. The van der Waals surface area contributed by atoms with Crippen molar-refractivity contribution < 1.29 is 33.8 Å². The number of carboxylic acids is 2. The highest BCUT2D eigenvalue weighted by Gasteiger charge is 2.22. The van der Waals surface area contributed by atoms with Crippen LogP contribution in [0.5, 0.6) is 0 Å². The van der Waals surface area contributed by atoms with E-state index in [9.17, 15) is 14.4 Å². The van der Waals surface area contributed by atoms with Gasteiger partial charge in [0.25, 0.3) is 6.47 Å². The van der Waals surface area contributed by atoms with E-state index in [0.717, 1.165) is 0 Å². The average molecular weight is 256 g/mol. The molecule has 0 fully saturated rings. The maximum Gasteiger partial charge on any atom is 0.307 e. The molecule has 1 rings (SSSR count). The van der Waals surface area contributed by atoms with E-state index >= 15 is 0 Å². The van der Waals surface area contributed by atoms with Crippen molar-refractivity contribution in [3.05, 3.63) is 23.7 Å². The number of hydrogen-bond acceptors (Lipinski definition) is 5. The molecule has 0 saturated heterocycles. The number of carboxylic acid groups (broad SMARTS) is 2. The topological polar surface area (TPSA) is 114 Å². The van der Waals surface area contributed by atoms with Gasteiger partial charge in [-0.3, -0.25) is 14.4 Å². The van der Waals surface area contributed by atoms with Gasteiger partial charge in [-0.05, 0) is 12.1 Å². The first-order valence-electron chi connectivity index (χ1n) is 5.10. The van der Waals surface area contributed by atoms with E-state index < -0.39 is 24.3 Å². The fourth-order valence-corrected chi connectivity index (χ4v) is 1.43. The summed E-state index contributed by atoms with van der Waals surface area (Å²) in [6.45, 7) is 0.229. The predicted octanol–water partition coefficient (Wildman–Crippen LogP) is 0.671. The second kappa shape index (κ2) is 6.43. The summed E-state index contributed by atoms with van der Waals surface area (Å²) in [6, 6.07) is 3.07. The predicted molar refractivity (Wildman–Crippen MR) is 56.6 cm³/mol. The first-order chi connectivity index (χ1) is 8.52. The maximum atomic E-state index is 10.8. The smallest absolute Gasteiger partial charge is 0.307 e. The molecule has 1 unspecified atom stereocenters. The molecule has 0 saturated carbocycles. The van der Waals surface area contributed by atoms with Gasteiger partial charge >= 0.3 is 11.9 Å². The molecule has 0 aliphatic heterocycles. The molecule has 98 valence electrons. The van der Waals surface area contributed by atoms with Crippen molar-refractivity contribution in [3.8, 4) is 0 Å². The van der Waals surface area contributed by atoms with Crippen LogP contribution in [0.2, 0.25) is 0 Å². The molecule has 1 atom stereocenters. The molecule has 1 aromatic rings. The van der Waals surface area contributed by atoms with Crippen molar-refractivity contribution in [1.82, 2.24) is 0 Å². The minimum atomic E-state index is -1.19. The van der Waals surface area contributed by atoms with Crippen LogP contribution in [-0.2, 0) is 32.1 Å². The summed E-state index contributed by atoms with van der Waals surface area (Å²) in [5, 5.41) is 17.4. The molecule has 0 aliphatic rings. The van der Waals surface area contributed by atoms with Crippen molar-refractivity contribution >= 4 is 18.4 Å². The summed E-state index contributed by atoms with van der Waals surface area (Å²) >= 11 is 0. The Morgan fingerprint density at radius 3 is 2.56 bits per heavy atom.